The maximum absolute atomic E-state index is 12.2. The van der Waals surface area contributed by atoms with Crippen molar-refractivity contribution in [2.45, 2.75) is 20.0 Å². The summed E-state index contributed by atoms with van der Waals surface area (Å²) in [6.07, 6.45) is 0.578. The van der Waals surface area contributed by atoms with Gasteiger partial charge in [0.2, 0.25) is 0 Å². The van der Waals surface area contributed by atoms with Crippen LogP contribution >= 0.6 is 0 Å². The Kier molecular flexibility index (Phi) is 4.22. The molecule has 0 spiro atoms. The topological polar surface area (TPSA) is 109 Å². The van der Waals surface area contributed by atoms with E-state index in [1.54, 1.807) is 22.9 Å². The fourth-order valence-electron chi connectivity index (χ4n) is 2.58. The Bertz CT molecular complexity index is 847. The number of nitrogens with one attached hydrogen (secondary N) is 2. The molecule has 0 saturated carbocycles. The van der Waals surface area contributed by atoms with E-state index in [0.717, 1.165) is 17.0 Å². The predicted octanol–water partition coefficient (Wildman–Crippen LogP) is 1.48. The molecule has 0 bridgehead atoms. The smallest absolute Gasteiger partial charge is 0.269 e. The third kappa shape index (κ3) is 2.95. The Morgan fingerprint density at radius 1 is 1.50 bits per heavy atom. The number of aromatic amines is 1. The number of furan rings is 1. The first-order chi connectivity index (χ1) is 11.5. The predicted molar refractivity (Wildman–Crippen MR) is 86.3 cm³/mol. The molecule has 3 rings (SSSR count). The number of carbonyl (C=O) groups excluding carboxylic acids is 1. The number of aliphatic hydroxyl groups is 1. The number of nitrogens with zero attached hydrogens (tertiary/aromatic N) is 3. The van der Waals surface area contributed by atoms with Gasteiger partial charge in [-0.3, -0.25) is 14.6 Å². The summed E-state index contributed by atoms with van der Waals surface area (Å²) in [6.45, 7) is 3.89. The monoisotopic (exact) mass is 329 g/mol. The summed E-state index contributed by atoms with van der Waals surface area (Å²) in [6, 6.07) is 5.00. The maximum Gasteiger partial charge on any atom is 0.269 e. The Hall–Kier alpha value is -2.87. The van der Waals surface area contributed by atoms with Crippen molar-refractivity contribution >= 4 is 5.91 Å². The molecule has 3 heterocycles. The molecule has 126 valence electrons. The Morgan fingerprint density at radius 2 is 2.29 bits per heavy atom. The van der Waals surface area contributed by atoms with Crippen LogP contribution in [0.5, 0.6) is 0 Å². The van der Waals surface area contributed by atoms with Crippen LogP contribution in [0.3, 0.4) is 0 Å². The minimum Gasteiger partial charge on any atom is -0.467 e. The molecule has 1 amide bonds. The van der Waals surface area contributed by atoms with Gasteiger partial charge >= 0.3 is 0 Å². The number of aryl methyl sites for hydroxylation is 2. The molecule has 1 atom stereocenters. The van der Waals surface area contributed by atoms with Crippen molar-refractivity contribution in [1.29, 1.82) is 0 Å². The fraction of sp³-hybridized carbons (Fsp3) is 0.312. The molecule has 3 aromatic heterocycles. The molecule has 0 radical (unpaired) electrons. The third-order valence-corrected chi connectivity index (χ3v) is 3.92. The van der Waals surface area contributed by atoms with Gasteiger partial charge in [-0.2, -0.15) is 10.2 Å². The van der Waals surface area contributed by atoms with E-state index in [1.807, 2.05) is 20.9 Å². The lowest BCUT2D eigenvalue weighted by Crippen LogP contribution is -2.28. The zero-order valence-corrected chi connectivity index (χ0v) is 13.7. The highest BCUT2D eigenvalue weighted by atomic mass is 16.4. The number of hydrogen-bond acceptors (Lipinski definition) is 5. The van der Waals surface area contributed by atoms with Crippen LogP contribution in [-0.2, 0) is 7.05 Å². The van der Waals surface area contributed by atoms with Crippen LogP contribution in [-0.4, -0.2) is 37.5 Å². The summed E-state index contributed by atoms with van der Waals surface area (Å²) in [4.78, 5) is 12.2. The summed E-state index contributed by atoms with van der Waals surface area (Å²) in [7, 11) is 1.86. The van der Waals surface area contributed by atoms with Crippen molar-refractivity contribution in [2.24, 2.45) is 7.05 Å². The van der Waals surface area contributed by atoms with Gasteiger partial charge in [-0.15, -0.1) is 0 Å². The van der Waals surface area contributed by atoms with Gasteiger partial charge in [0.05, 0.1) is 24.2 Å². The van der Waals surface area contributed by atoms with E-state index in [-0.39, 0.29) is 12.5 Å². The third-order valence-electron chi connectivity index (χ3n) is 3.92. The summed E-state index contributed by atoms with van der Waals surface area (Å²) < 4.78 is 6.87. The minimum absolute atomic E-state index is 0.0473. The highest BCUT2D eigenvalue weighted by molar-refractivity contribution is 5.93. The van der Waals surface area contributed by atoms with E-state index in [0.29, 0.717) is 17.1 Å². The lowest BCUT2D eigenvalue weighted by atomic mass is 10.1. The van der Waals surface area contributed by atoms with Gasteiger partial charge in [-0.1, -0.05) is 0 Å². The van der Waals surface area contributed by atoms with Crippen molar-refractivity contribution in [3.05, 3.63) is 47.3 Å². The normalized spacial score (nSPS) is 12.3. The molecular weight excluding hydrogens is 310 g/mol. The number of aliphatic hydroxyl groups excluding tert-OH is 1. The van der Waals surface area contributed by atoms with Gasteiger partial charge < -0.3 is 14.8 Å². The van der Waals surface area contributed by atoms with Crippen LogP contribution in [0.25, 0.3) is 11.3 Å². The number of carbonyl (C=O) groups is 1. The summed E-state index contributed by atoms with van der Waals surface area (Å²) in [5.41, 5.74) is 3.71. The molecule has 0 aliphatic heterocycles. The zero-order valence-electron chi connectivity index (χ0n) is 13.7. The second-order valence-electron chi connectivity index (χ2n) is 5.58. The SMILES string of the molecule is Cc1nn(C)c(C)c1-c1cc(C(=O)NCC(O)c2ccco2)[nH]n1. The first-order valence-electron chi connectivity index (χ1n) is 7.53. The minimum atomic E-state index is -0.894. The average Bonchev–Trinajstić information content (AvgIpc) is 3.27. The molecule has 0 aliphatic carbocycles. The highest BCUT2D eigenvalue weighted by Gasteiger charge is 2.18. The molecule has 0 aliphatic rings. The van der Waals surface area contributed by atoms with Gasteiger partial charge in [0.1, 0.15) is 17.6 Å². The molecule has 8 heteroatoms. The molecule has 0 fully saturated rings. The Labute approximate surface area is 138 Å². The van der Waals surface area contributed by atoms with Crippen LogP contribution < -0.4 is 5.32 Å². The molecule has 0 saturated heterocycles. The van der Waals surface area contributed by atoms with E-state index >= 15 is 0 Å². The van der Waals surface area contributed by atoms with Gasteiger partial charge in [-0.05, 0) is 32.0 Å². The Morgan fingerprint density at radius 3 is 2.92 bits per heavy atom. The van der Waals surface area contributed by atoms with E-state index in [4.69, 9.17) is 4.42 Å². The first-order valence-corrected chi connectivity index (χ1v) is 7.53. The molecular formula is C16H19N5O3. The fourth-order valence-corrected chi connectivity index (χ4v) is 2.58. The van der Waals surface area contributed by atoms with E-state index in [2.05, 4.69) is 20.6 Å². The maximum atomic E-state index is 12.2. The summed E-state index contributed by atoms with van der Waals surface area (Å²) in [5.74, 6) is 0.0563. The molecule has 3 aromatic rings. The van der Waals surface area contributed by atoms with Gasteiger partial charge in [0, 0.05) is 18.3 Å². The first kappa shape index (κ1) is 16.0. The lowest BCUT2D eigenvalue weighted by molar-refractivity contribution is 0.0896. The number of aromatic nitrogens is 4. The number of H-pyrrole nitrogens is 1. The number of hydrogen-bond donors (Lipinski definition) is 3. The number of amides is 1. The van der Waals surface area contributed by atoms with Gasteiger partial charge in [0.15, 0.2) is 0 Å². The van der Waals surface area contributed by atoms with Gasteiger partial charge in [-0.25, -0.2) is 0 Å². The Balaban J connectivity index is 1.70. The van der Waals surface area contributed by atoms with Crippen LogP contribution in [0.2, 0.25) is 0 Å². The zero-order chi connectivity index (χ0) is 17.3. The number of rotatable bonds is 5. The summed E-state index contributed by atoms with van der Waals surface area (Å²) in [5, 5.41) is 23.8. The second kappa shape index (κ2) is 6.32. The van der Waals surface area contributed by atoms with Crippen molar-refractivity contribution in [3.63, 3.8) is 0 Å². The van der Waals surface area contributed by atoms with Crippen LogP contribution in [0, 0.1) is 13.8 Å². The van der Waals surface area contributed by atoms with Crippen molar-refractivity contribution in [2.75, 3.05) is 6.54 Å². The van der Waals surface area contributed by atoms with E-state index < -0.39 is 6.10 Å². The molecule has 24 heavy (non-hydrogen) atoms. The van der Waals surface area contributed by atoms with E-state index in [1.165, 1.54) is 6.26 Å². The van der Waals surface area contributed by atoms with Crippen molar-refractivity contribution < 1.29 is 14.3 Å². The summed E-state index contributed by atoms with van der Waals surface area (Å²) >= 11 is 0. The molecule has 1 unspecified atom stereocenters. The average molecular weight is 329 g/mol. The highest BCUT2D eigenvalue weighted by Crippen LogP contribution is 2.25. The van der Waals surface area contributed by atoms with Crippen molar-refractivity contribution in [1.82, 2.24) is 25.3 Å². The van der Waals surface area contributed by atoms with Crippen LogP contribution in [0.15, 0.2) is 28.9 Å². The van der Waals surface area contributed by atoms with Crippen molar-refractivity contribution in [3.8, 4) is 11.3 Å². The second-order valence-corrected chi connectivity index (χ2v) is 5.58. The van der Waals surface area contributed by atoms with Gasteiger partial charge in [0.25, 0.3) is 5.91 Å². The quantitative estimate of drug-likeness (QED) is 0.657. The molecule has 8 nitrogen and oxygen atoms in total. The standard InChI is InChI=1S/C16H19N5O3/c1-9-15(10(2)21(3)20-9)11-7-12(19-18-11)16(23)17-8-13(22)14-5-4-6-24-14/h4-7,13,22H,8H2,1-3H3,(H,17,23)(H,18,19). The lowest BCUT2D eigenvalue weighted by Gasteiger charge is -2.08. The molecule has 0 aromatic carbocycles. The van der Waals surface area contributed by atoms with Crippen LogP contribution in [0.4, 0.5) is 0 Å². The molecule has 3 N–H and O–H groups in total. The van der Waals surface area contributed by atoms with Crippen LogP contribution in [0.1, 0.15) is 33.7 Å². The largest absolute Gasteiger partial charge is 0.467 e. The van der Waals surface area contributed by atoms with E-state index in [9.17, 15) is 9.90 Å².